The van der Waals surface area contributed by atoms with Crippen molar-refractivity contribution in [1.29, 1.82) is 5.53 Å². The summed E-state index contributed by atoms with van der Waals surface area (Å²) in [6.07, 6.45) is 0.851. The van der Waals surface area contributed by atoms with Crippen molar-refractivity contribution in [2.24, 2.45) is 5.11 Å². The van der Waals surface area contributed by atoms with Gasteiger partial charge in [0.2, 0.25) is 0 Å². The molecule has 2 heteroatoms. The van der Waals surface area contributed by atoms with Gasteiger partial charge in [-0.25, -0.2) is 5.53 Å². The van der Waals surface area contributed by atoms with Crippen LogP contribution in [0.2, 0.25) is 0 Å². The quantitative estimate of drug-likeness (QED) is 0.414. The average Bonchev–Trinajstić information content (AvgIpc) is 1.61. The number of hydrogen-bond acceptors (Lipinski definition) is 2. The summed E-state index contributed by atoms with van der Waals surface area (Å²) in [5.74, 6) is 0. The SMILES string of the molecule is C=C(C)CCN=N. The van der Waals surface area contributed by atoms with E-state index in [0.717, 1.165) is 12.0 Å². The van der Waals surface area contributed by atoms with Gasteiger partial charge in [-0.05, 0) is 13.3 Å². The molecule has 0 aromatic carbocycles. The van der Waals surface area contributed by atoms with Crippen molar-refractivity contribution in [1.82, 2.24) is 0 Å². The van der Waals surface area contributed by atoms with Crippen LogP contribution in [-0.2, 0) is 0 Å². The predicted molar refractivity (Wildman–Crippen MR) is 29.4 cm³/mol. The lowest BCUT2D eigenvalue weighted by Crippen LogP contribution is -1.77. The maximum absolute atomic E-state index is 6.38. The molecule has 0 amide bonds. The van der Waals surface area contributed by atoms with E-state index in [4.69, 9.17) is 5.53 Å². The Bertz CT molecular complexity index is 76.1. The van der Waals surface area contributed by atoms with Gasteiger partial charge in [0, 0.05) is 0 Å². The molecule has 0 heterocycles. The van der Waals surface area contributed by atoms with E-state index < -0.39 is 0 Å². The number of nitrogens with one attached hydrogen (secondary N) is 1. The molecular weight excluding hydrogens is 88.1 g/mol. The van der Waals surface area contributed by atoms with Crippen LogP contribution in [0, 0.1) is 5.53 Å². The van der Waals surface area contributed by atoms with E-state index in [1.165, 1.54) is 0 Å². The maximum Gasteiger partial charge on any atom is 0.0633 e. The fourth-order valence-corrected chi connectivity index (χ4v) is 0.247. The molecular formula is C5H10N2. The van der Waals surface area contributed by atoms with Crippen molar-refractivity contribution >= 4 is 0 Å². The van der Waals surface area contributed by atoms with Crippen LogP contribution in [0.5, 0.6) is 0 Å². The zero-order valence-corrected chi connectivity index (χ0v) is 4.57. The Balaban J connectivity index is 2.97. The molecule has 0 aliphatic rings. The predicted octanol–water partition coefficient (Wildman–Crippen LogP) is 1.98. The molecule has 0 aliphatic heterocycles. The van der Waals surface area contributed by atoms with Gasteiger partial charge in [0.05, 0.1) is 6.54 Å². The Kier molecular flexibility index (Phi) is 3.19. The van der Waals surface area contributed by atoms with Crippen molar-refractivity contribution in [2.75, 3.05) is 6.54 Å². The van der Waals surface area contributed by atoms with Crippen LogP contribution >= 0.6 is 0 Å². The van der Waals surface area contributed by atoms with Gasteiger partial charge < -0.3 is 0 Å². The Morgan fingerprint density at radius 1 is 1.86 bits per heavy atom. The van der Waals surface area contributed by atoms with E-state index in [0.29, 0.717) is 6.54 Å². The van der Waals surface area contributed by atoms with Gasteiger partial charge in [-0.3, -0.25) is 0 Å². The van der Waals surface area contributed by atoms with Crippen LogP contribution < -0.4 is 0 Å². The first-order valence-electron chi connectivity index (χ1n) is 2.25. The normalized spacial score (nSPS) is 8.14. The van der Waals surface area contributed by atoms with E-state index in [1.807, 2.05) is 6.92 Å². The van der Waals surface area contributed by atoms with Crippen LogP contribution in [0.15, 0.2) is 17.3 Å². The minimum atomic E-state index is 0.593. The summed E-state index contributed by atoms with van der Waals surface area (Å²) in [5, 5.41) is 3.16. The largest absolute Gasteiger partial charge is 0.210 e. The molecule has 0 aromatic rings. The smallest absolute Gasteiger partial charge is 0.0633 e. The first kappa shape index (κ1) is 6.34. The average molecular weight is 98.1 g/mol. The highest BCUT2D eigenvalue weighted by Gasteiger charge is 1.80. The highest BCUT2D eigenvalue weighted by molar-refractivity contribution is 4.87. The van der Waals surface area contributed by atoms with Gasteiger partial charge in [0.1, 0.15) is 0 Å². The third-order valence-electron chi connectivity index (χ3n) is 0.650. The van der Waals surface area contributed by atoms with Gasteiger partial charge >= 0.3 is 0 Å². The summed E-state index contributed by atoms with van der Waals surface area (Å²) in [6, 6.07) is 0. The molecule has 0 aliphatic carbocycles. The molecule has 0 aromatic heterocycles. The molecule has 0 bridgehead atoms. The lowest BCUT2D eigenvalue weighted by Gasteiger charge is -1.87. The maximum atomic E-state index is 6.38. The minimum Gasteiger partial charge on any atom is -0.210 e. The van der Waals surface area contributed by atoms with E-state index in [2.05, 4.69) is 11.7 Å². The van der Waals surface area contributed by atoms with Crippen LogP contribution in [0.25, 0.3) is 0 Å². The van der Waals surface area contributed by atoms with Gasteiger partial charge in [-0.1, -0.05) is 5.57 Å². The number of hydrogen-bond donors (Lipinski definition) is 1. The fourth-order valence-electron chi connectivity index (χ4n) is 0.247. The van der Waals surface area contributed by atoms with Gasteiger partial charge in [-0.15, -0.1) is 6.58 Å². The molecule has 7 heavy (non-hydrogen) atoms. The molecule has 40 valence electrons. The van der Waals surface area contributed by atoms with Crippen molar-refractivity contribution < 1.29 is 0 Å². The molecule has 2 nitrogen and oxygen atoms in total. The third-order valence-corrected chi connectivity index (χ3v) is 0.650. The molecule has 0 atom stereocenters. The molecule has 0 rings (SSSR count). The standard InChI is InChI=1S/C5H10N2/c1-5(2)3-4-7-6/h6H,1,3-4H2,2H3. The molecule has 0 spiro atoms. The van der Waals surface area contributed by atoms with Gasteiger partial charge in [0.25, 0.3) is 0 Å². The van der Waals surface area contributed by atoms with E-state index >= 15 is 0 Å². The molecule has 0 unspecified atom stereocenters. The Morgan fingerprint density at radius 2 is 2.43 bits per heavy atom. The number of nitrogens with zero attached hydrogens (tertiary/aromatic N) is 1. The van der Waals surface area contributed by atoms with Crippen molar-refractivity contribution in [3.8, 4) is 0 Å². The second-order valence-electron chi connectivity index (χ2n) is 1.59. The summed E-state index contributed by atoms with van der Waals surface area (Å²) in [4.78, 5) is 0. The van der Waals surface area contributed by atoms with Gasteiger partial charge in [0.15, 0.2) is 0 Å². The first-order valence-corrected chi connectivity index (χ1v) is 2.25. The molecule has 1 N–H and O–H groups in total. The monoisotopic (exact) mass is 98.1 g/mol. The van der Waals surface area contributed by atoms with Crippen LogP contribution in [0.4, 0.5) is 0 Å². The highest BCUT2D eigenvalue weighted by Crippen LogP contribution is 1.92. The number of rotatable bonds is 3. The van der Waals surface area contributed by atoms with Crippen molar-refractivity contribution in [3.63, 3.8) is 0 Å². The summed E-state index contributed by atoms with van der Waals surface area (Å²) >= 11 is 0. The van der Waals surface area contributed by atoms with E-state index in [1.54, 1.807) is 0 Å². The Hall–Kier alpha value is -0.660. The molecule has 0 saturated heterocycles. The zero-order valence-electron chi connectivity index (χ0n) is 4.57. The van der Waals surface area contributed by atoms with E-state index in [-0.39, 0.29) is 0 Å². The Morgan fingerprint density at radius 3 is 2.57 bits per heavy atom. The summed E-state index contributed by atoms with van der Waals surface area (Å²) in [6.45, 7) is 6.18. The van der Waals surface area contributed by atoms with Gasteiger partial charge in [-0.2, -0.15) is 5.11 Å². The minimum absolute atomic E-state index is 0.593. The van der Waals surface area contributed by atoms with Crippen molar-refractivity contribution in [2.45, 2.75) is 13.3 Å². The van der Waals surface area contributed by atoms with Crippen LogP contribution in [0.3, 0.4) is 0 Å². The second-order valence-corrected chi connectivity index (χ2v) is 1.59. The Labute approximate surface area is 43.7 Å². The van der Waals surface area contributed by atoms with Crippen molar-refractivity contribution in [3.05, 3.63) is 12.2 Å². The lowest BCUT2D eigenvalue weighted by molar-refractivity contribution is 0.860. The summed E-state index contributed by atoms with van der Waals surface area (Å²) in [5.41, 5.74) is 7.47. The van der Waals surface area contributed by atoms with Crippen LogP contribution in [0.1, 0.15) is 13.3 Å². The lowest BCUT2D eigenvalue weighted by atomic mass is 10.2. The third kappa shape index (κ3) is 5.34. The molecule has 0 radical (unpaired) electrons. The summed E-state index contributed by atoms with van der Waals surface area (Å²) < 4.78 is 0. The van der Waals surface area contributed by atoms with E-state index in [9.17, 15) is 0 Å². The first-order chi connectivity index (χ1) is 3.27. The zero-order chi connectivity index (χ0) is 5.70. The fraction of sp³-hybridized carbons (Fsp3) is 0.600. The topological polar surface area (TPSA) is 36.2 Å². The highest BCUT2D eigenvalue weighted by atomic mass is 14.9. The van der Waals surface area contributed by atoms with Crippen LogP contribution in [-0.4, -0.2) is 6.54 Å². The molecule has 0 saturated carbocycles. The second kappa shape index (κ2) is 3.53. The summed E-state index contributed by atoms with van der Waals surface area (Å²) in [7, 11) is 0. The molecule has 0 fully saturated rings.